The van der Waals surface area contributed by atoms with Gasteiger partial charge in [-0.3, -0.25) is 0 Å². The zero-order valence-corrected chi connectivity index (χ0v) is 12.5. The van der Waals surface area contributed by atoms with Crippen molar-refractivity contribution in [1.82, 2.24) is 0 Å². The van der Waals surface area contributed by atoms with Gasteiger partial charge in [0.05, 0.1) is 6.21 Å². The highest BCUT2D eigenvalue weighted by Gasteiger charge is 1.97. The van der Waals surface area contributed by atoms with Crippen LogP contribution in [0.5, 0.6) is 5.75 Å². The highest BCUT2D eigenvalue weighted by Crippen LogP contribution is 2.14. The van der Waals surface area contributed by atoms with Crippen LogP contribution in [-0.2, 0) is 5.75 Å². The molecule has 0 unspecified atom stereocenters. The molecule has 0 saturated carbocycles. The molecule has 3 N–H and O–H groups in total. The molecule has 0 fully saturated rings. The van der Waals surface area contributed by atoms with E-state index in [9.17, 15) is 5.11 Å². The summed E-state index contributed by atoms with van der Waals surface area (Å²) in [7, 11) is 0. The van der Waals surface area contributed by atoms with Crippen LogP contribution in [0.2, 0.25) is 0 Å². The first-order valence-corrected chi connectivity index (χ1v) is 7.46. The van der Waals surface area contributed by atoms with Crippen LogP contribution in [-0.4, -0.2) is 16.5 Å². The average molecular weight is 299 g/mol. The molecule has 2 aromatic rings. The summed E-state index contributed by atoms with van der Waals surface area (Å²) in [5.74, 6) is 0.921. The number of phenolic OH excluding ortho intramolecular Hbond substituents is 1. The van der Waals surface area contributed by atoms with E-state index < -0.39 is 0 Å². The molecule has 0 saturated heterocycles. The standard InChI is InChI=1S/C16H17N3OS/c1-12-6-8-13(9-7-12)11-21-16(17)19-18-10-14-4-2-3-5-15(14)20/h2-10,20H,11H2,1H3,(H2,17,19)/b18-10+. The van der Waals surface area contributed by atoms with Crippen LogP contribution in [0, 0.1) is 6.92 Å². The summed E-state index contributed by atoms with van der Waals surface area (Å²) in [6.07, 6.45) is 1.48. The van der Waals surface area contributed by atoms with Crippen molar-refractivity contribution in [2.45, 2.75) is 12.7 Å². The third-order valence-electron chi connectivity index (χ3n) is 2.80. The van der Waals surface area contributed by atoms with Gasteiger partial charge in [0.25, 0.3) is 0 Å². The topological polar surface area (TPSA) is 71.0 Å². The second kappa shape index (κ2) is 7.50. The van der Waals surface area contributed by atoms with Gasteiger partial charge in [-0.25, -0.2) is 0 Å². The summed E-state index contributed by atoms with van der Waals surface area (Å²) >= 11 is 1.43. The van der Waals surface area contributed by atoms with E-state index >= 15 is 0 Å². The molecule has 0 spiro atoms. The molecule has 5 heteroatoms. The maximum absolute atomic E-state index is 9.57. The van der Waals surface area contributed by atoms with Crippen molar-refractivity contribution in [2.75, 3.05) is 0 Å². The lowest BCUT2D eigenvalue weighted by Gasteiger charge is -2.00. The molecular weight excluding hydrogens is 282 g/mol. The Labute approximate surface area is 128 Å². The molecule has 0 radical (unpaired) electrons. The summed E-state index contributed by atoms with van der Waals surface area (Å²) in [5.41, 5.74) is 8.82. The Hall–Kier alpha value is -2.27. The third-order valence-corrected chi connectivity index (χ3v) is 3.65. The first-order chi connectivity index (χ1) is 10.1. The van der Waals surface area contributed by atoms with Crippen molar-refractivity contribution in [3.05, 3.63) is 65.2 Å². The van der Waals surface area contributed by atoms with Crippen LogP contribution in [0.4, 0.5) is 0 Å². The van der Waals surface area contributed by atoms with Gasteiger partial charge in [-0.05, 0) is 24.6 Å². The van der Waals surface area contributed by atoms with E-state index in [2.05, 4.69) is 41.4 Å². The Bertz CT molecular complexity index is 651. The van der Waals surface area contributed by atoms with E-state index in [4.69, 9.17) is 5.73 Å². The van der Waals surface area contributed by atoms with Crippen LogP contribution < -0.4 is 5.73 Å². The maximum Gasteiger partial charge on any atom is 0.180 e. The zero-order chi connectivity index (χ0) is 15.1. The van der Waals surface area contributed by atoms with Gasteiger partial charge >= 0.3 is 0 Å². The molecule has 0 amide bonds. The molecule has 0 atom stereocenters. The van der Waals surface area contributed by atoms with Gasteiger partial charge < -0.3 is 10.8 Å². The third kappa shape index (κ3) is 4.96. The Morgan fingerprint density at radius 1 is 1.19 bits per heavy atom. The highest BCUT2D eigenvalue weighted by atomic mass is 32.2. The van der Waals surface area contributed by atoms with E-state index in [0.29, 0.717) is 10.7 Å². The van der Waals surface area contributed by atoms with Gasteiger partial charge in [-0.1, -0.05) is 53.7 Å². The Morgan fingerprint density at radius 3 is 2.62 bits per heavy atom. The molecule has 0 aromatic heterocycles. The molecular formula is C16H17N3OS. The first kappa shape index (κ1) is 15.1. The van der Waals surface area contributed by atoms with Crippen molar-refractivity contribution in [3.63, 3.8) is 0 Å². The summed E-state index contributed by atoms with van der Waals surface area (Å²) in [6, 6.07) is 15.2. The molecule has 2 aromatic carbocycles. The number of aryl methyl sites for hydroxylation is 1. The number of amidine groups is 1. The Morgan fingerprint density at radius 2 is 1.90 bits per heavy atom. The first-order valence-electron chi connectivity index (χ1n) is 6.48. The van der Waals surface area contributed by atoms with Crippen LogP contribution in [0.15, 0.2) is 58.7 Å². The van der Waals surface area contributed by atoms with Gasteiger partial charge in [0.15, 0.2) is 5.17 Å². The number of benzene rings is 2. The average Bonchev–Trinajstić information content (AvgIpc) is 2.49. The Kier molecular flexibility index (Phi) is 5.40. The fourth-order valence-electron chi connectivity index (χ4n) is 1.62. The molecule has 0 aliphatic heterocycles. The summed E-state index contributed by atoms with van der Waals surface area (Å²) in [4.78, 5) is 0. The molecule has 2 rings (SSSR count). The van der Waals surface area contributed by atoms with Gasteiger partial charge in [-0.2, -0.15) is 5.10 Å². The predicted molar refractivity (Wildman–Crippen MR) is 89.8 cm³/mol. The SMILES string of the molecule is Cc1ccc(CS/C(N)=N/N=C/c2ccccc2O)cc1. The summed E-state index contributed by atoms with van der Waals surface area (Å²) in [5, 5.41) is 17.8. The number of phenols is 1. The maximum atomic E-state index is 9.57. The molecule has 0 bridgehead atoms. The molecule has 0 aliphatic rings. The van der Waals surface area contributed by atoms with Crippen molar-refractivity contribution in [1.29, 1.82) is 0 Å². The molecule has 4 nitrogen and oxygen atoms in total. The van der Waals surface area contributed by atoms with E-state index in [0.717, 1.165) is 5.75 Å². The smallest absolute Gasteiger partial charge is 0.180 e. The normalized spacial score (nSPS) is 12.0. The number of thioether (sulfide) groups is 1. The number of aromatic hydroxyl groups is 1. The van der Waals surface area contributed by atoms with Crippen LogP contribution >= 0.6 is 11.8 Å². The number of hydrogen-bond donors (Lipinski definition) is 2. The molecule has 21 heavy (non-hydrogen) atoms. The Balaban J connectivity index is 1.89. The molecule has 0 aliphatic carbocycles. The molecule has 108 valence electrons. The summed E-state index contributed by atoms with van der Waals surface area (Å²) < 4.78 is 0. The molecule has 0 heterocycles. The highest BCUT2D eigenvalue weighted by molar-refractivity contribution is 8.13. The largest absolute Gasteiger partial charge is 0.507 e. The van der Waals surface area contributed by atoms with Gasteiger partial charge in [-0.15, -0.1) is 5.10 Å². The van der Waals surface area contributed by atoms with Crippen LogP contribution in [0.3, 0.4) is 0 Å². The van der Waals surface area contributed by atoms with Gasteiger partial charge in [0.1, 0.15) is 5.75 Å². The van der Waals surface area contributed by atoms with E-state index in [1.807, 2.05) is 6.07 Å². The second-order valence-corrected chi connectivity index (χ2v) is 5.51. The van der Waals surface area contributed by atoms with Crippen molar-refractivity contribution < 1.29 is 5.11 Å². The minimum atomic E-state index is 0.169. The van der Waals surface area contributed by atoms with Gasteiger partial charge in [0.2, 0.25) is 0 Å². The number of nitrogens with zero attached hydrogens (tertiary/aromatic N) is 2. The fourth-order valence-corrected chi connectivity index (χ4v) is 2.23. The monoisotopic (exact) mass is 299 g/mol. The minimum Gasteiger partial charge on any atom is -0.507 e. The fraction of sp³-hybridized carbons (Fsp3) is 0.125. The number of nitrogens with two attached hydrogens (primary N) is 1. The summed E-state index contributed by atoms with van der Waals surface area (Å²) in [6.45, 7) is 2.06. The lowest BCUT2D eigenvalue weighted by Crippen LogP contribution is -2.06. The van der Waals surface area contributed by atoms with Crippen LogP contribution in [0.25, 0.3) is 0 Å². The van der Waals surface area contributed by atoms with E-state index in [1.54, 1.807) is 18.2 Å². The second-order valence-electron chi connectivity index (χ2n) is 4.52. The van der Waals surface area contributed by atoms with Gasteiger partial charge in [0, 0.05) is 11.3 Å². The van der Waals surface area contributed by atoms with E-state index in [-0.39, 0.29) is 5.75 Å². The number of para-hydroxylation sites is 1. The van der Waals surface area contributed by atoms with Crippen LogP contribution in [0.1, 0.15) is 16.7 Å². The van der Waals surface area contributed by atoms with Crippen molar-refractivity contribution in [3.8, 4) is 5.75 Å². The van der Waals surface area contributed by atoms with Crippen molar-refractivity contribution >= 4 is 23.1 Å². The van der Waals surface area contributed by atoms with E-state index in [1.165, 1.54) is 29.1 Å². The zero-order valence-electron chi connectivity index (χ0n) is 11.7. The lowest BCUT2D eigenvalue weighted by atomic mass is 10.2. The quantitative estimate of drug-likeness (QED) is 0.517. The number of rotatable bonds is 4. The number of hydrogen-bond acceptors (Lipinski definition) is 4. The van der Waals surface area contributed by atoms with Crippen molar-refractivity contribution in [2.24, 2.45) is 15.9 Å². The predicted octanol–water partition coefficient (Wildman–Crippen LogP) is 3.28. The minimum absolute atomic E-state index is 0.169. The lowest BCUT2D eigenvalue weighted by molar-refractivity contribution is 0.474.